The molecule has 6 heteroatoms. The molecule has 1 aliphatic heterocycles. The van der Waals surface area contributed by atoms with Gasteiger partial charge in [0.15, 0.2) is 0 Å². The number of hydrogen-bond donors (Lipinski definition) is 1. The fourth-order valence-electron chi connectivity index (χ4n) is 3.39. The van der Waals surface area contributed by atoms with Crippen LogP contribution in [0.15, 0.2) is 54.6 Å². The quantitative estimate of drug-likeness (QED) is 0.907. The first-order valence-electron chi connectivity index (χ1n) is 8.01. The molecule has 25 heavy (non-hydrogen) atoms. The Morgan fingerprint density at radius 2 is 1.80 bits per heavy atom. The first kappa shape index (κ1) is 17.5. The van der Waals surface area contributed by atoms with E-state index >= 15 is 0 Å². The number of hydrogen-bond acceptors (Lipinski definition) is 2. The van der Waals surface area contributed by atoms with Gasteiger partial charge in [-0.3, -0.25) is 9.69 Å². The van der Waals surface area contributed by atoms with E-state index in [0.29, 0.717) is 25.2 Å². The molecule has 0 aliphatic carbocycles. The third-order valence-corrected chi connectivity index (χ3v) is 4.60. The number of carboxylic acids is 1. The molecule has 0 unspecified atom stereocenters. The predicted octanol–water partition coefficient (Wildman–Crippen LogP) is 4.01. The zero-order valence-electron chi connectivity index (χ0n) is 13.4. The summed E-state index contributed by atoms with van der Waals surface area (Å²) in [5.74, 6) is -2.14. The second-order valence-electron chi connectivity index (χ2n) is 6.35. The zero-order chi connectivity index (χ0) is 18.0. The molecule has 1 N–H and O–H groups in total. The molecule has 1 aliphatic rings. The number of alkyl halides is 3. The molecule has 2 aromatic rings. The molecule has 1 fully saturated rings. The molecular weight excluding hydrogens is 331 g/mol. The molecule has 3 nitrogen and oxygen atoms in total. The number of benzene rings is 2. The molecule has 2 atom stereocenters. The van der Waals surface area contributed by atoms with Crippen LogP contribution in [0.25, 0.3) is 0 Å². The van der Waals surface area contributed by atoms with Crippen molar-refractivity contribution < 1.29 is 23.1 Å². The van der Waals surface area contributed by atoms with Crippen LogP contribution in [0.1, 0.15) is 22.6 Å². The highest BCUT2D eigenvalue weighted by Gasteiger charge is 2.39. The van der Waals surface area contributed by atoms with Crippen molar-refractivity contribution in [1.29, 1.82) is 0 Å². The summed E-state index contributed by atoms with van der Waals surface area (Å²) in [4.78, 5) is 13.6. The molecule has 0 saturated carbocycles. The van der Waals surface area contributed by atoms with E-state index in [1.807, 2.05) is 35.2 Å². The lowest BCUT2D eigenvalue weighted by Gasteiger charge is -2.17. The second kappa shape index (κ2) is 6.88. The zero-order valence-corrected chi connectivity index (χ0v) is 13.4. The first-order valence-corrected chi connectivity index (χ1v) is 8.01. The maximum atomic E-state index is 12.9. The van der Waals surface area contributed by atoms with Crippen LogP contribution in [0, 0.1) is 5.92 Å². The molecule has 0 spiro atoms. The van der Waals surface area contributed by atoms with Gasteiger partial charge in [-0.2, -0.15) is 13.2 Å². The largest absolute Gasteiger partial charge is 0.481 e. The summed E-state index contributed by atoms with van der Waals surface area (Å²) in [6.45, 7) is 1.33. The minimum Gasteiger partial charge on any atom is -0.481 e. The number of aliphatic carboxylic acids is 1. The maximum Gasteiger partial charge on any atom is 0.416 e. The van der Waals surface area contributed by atoms with Crippen LogP contribution in [0.2, 0.25) is 0 Å². The van der Waals surface area contributed by atoms with Crippen LogP contribution in [0.4, 0.5) is 13.2 Å². The van der Waals surface area contributed by atoms with Gasteiger partial charge in [0.05, 0.1) is 11.5 Å². The standard InChI is InChI=1S/C19H18F3NO2/c20-19(21,22)15-8-4-7-14(9-15)16-11-23(12-17(16)18(24)25)10-13-5-2-1-3-6-13/h1-9,16-17H,10-12H2,(H,24,25)/t16-,17+/m0/s1. The van der Waals surface area contributed by atoms with Gasteiger partial charge in [0, 0.05) is 25.6 Å². The summed E-state index contributed by atoms with van der Waals surface area (Å²) in [6, 6.07) is 14.6. The maximum absolute atomic E-state index is 12.9. The molecule has 0 bridgehead atoms. The fraction of sp³-hybridized carbons (Fsp3) is 0.316. The number of carboxylic acid groups (broad SMARTS) is 1. The second-order valence-corrected chi connectivity index (χ2v) is 6.35. The van der Waals surface area contributed by atoms with E-state index < -0.39 is 29.5 Å². The Bertz CT molecular complexity index is 746. The summed E-state index contributed by atoms with van der Waals surface area (Å²) in [7, 11) is 0. The SMILES string of the molecule is O=C(O)[C@@H]1CN(Cc2ccccc2)C[C@H]1c1cccc(C(F)(F)F)c1. The summed E-state index contributed by atoms with van der Waals surface area (Å²) in [6.07, 6.45) is -4.43. The van der Waals surface area contributed by atoms with E-state index in [-0.39, 0.29) is 0 Å². The molecular formula is C19H18F3NO2. The van der Waals surface area contributed by atoms with Gasteiger partial charge in [-0.15, -0.1) is 0 Å². The van der Waals surface area contributed by atoms with Gasteiger partial charge in [-0.25, -0.2) is 0 Å². The lowest BCUT2D eigenvalue weighted by atomic mass is 9.88. The van der Waals surface area contributed by atoms with Crippen molar-refractivity contribution in [3.8, 4) is 0 Å². The lowest BCUT2D eigenvalue weighted by molar-refractivity contribution is -0.141. The minimum absolute atomic E-state index is 0.325. The molecule has 1 saturated heterocycles. The highest BCUT2D eigenvalue weighted by atomic mass is 19.4. The van der Waals surface area contributed by atoms with Gasteiger partial charge in [0.1, 0.15) is 0 Å². The van der Waals surface area contributed by atoms with E-state index in [1.165, 1.54) is 6.07 Å². The third-order valence-electron chi connectivity index (χ3n) is 4.60. The number of halogens is 3. The van der Waals surface area contributed by atoms with Crippen LogP contribution < -0.4 is 0 Å². The summed E-state index contributed by atoms with van der Waals surface area (Å²) >= 11 is 0. The first-order chi connectivity index (χ1) is 11.8. The van der Waals surface area contributed by atoms with Gasteiger partial charge < -0.3 is 5.11 Å². The molecule has 3 rings (SSSR count). The van der Waals surface area contributed by atoms with E-state index in [4.69, 9.17) is 0 Å². The van der Waals surface area contributed by atoms with Gasteiger partial charge in [0.2, 0.25) is 0 Å². The lowest BCUT2D eigenvalue weighted by Crippen LogP contribution is -2.23. The fourth-order valence-corrected chi connectivity index (χ4v) is 3.39. The number of carbonyl (C=O) groups is 1. The Morgan fingerprint density at radius 1 is 1.08 bits per heavy atom. The summed E-state index contributed by atoms with van der Waals surface area (Å²) in [5.41, 5.74) is 0.741. The average molecular weight is 349 g/mol. The predicted molar refractivity (Wildman–Crippen MR) is 87.0 cm³/mol. The van der Waals surface area contributed by atoms with E-state index in [2.05, 4.69) is 0 Å². The van der Waals surface area contributed by atoms with Crippen LogP contribution in [-0.4, -0.2) is 29.1 Å². The van der Waals surface area contributed by atoms with Crippen molar-refractivity contribution in [3.05, 3.63) is 71.3 Å². The van der Waals surface area contributed by atoms with Crippen molar-refractivity contribution in [2.45, 2.75) is 18.6 Å². The van der Waals surface area contributed by atoms with Gasteiger partial charge >= 0.3 is 12.1 Å². The highest BCUT2D eigenvalue weighted by Crippen LogP contribution is 2.37. The highest BCUT2D eigenvalue weighted by molar-refractivity contribution is 5.72. The van der Waals surface area contributed by atoms with Crippen LogP contribution in [0.3, 0.4) is 0 Å². The summed E-state index contributed by atoms with van der Waals surface area (Å²) < 4.78 is 38.8. The third kappa shape index (κ3) is 4.02. The molecule has 132 valence electrons. The van der Waals surface area contributed by atoms with E-state index in [1.54, 1.807) is 6.07 Å². The Kier molecular flexibility index (Phi) is 4.81. The van der Waals surface area contributed by atoms with E-state index in [0.717, 1.165) is 17.7 Å². The molecule has 0 radical (unpaired) electrons. The van der Waals surface area contributed by atoms with Crippen molar-refractivity contribution in [3.63, 3.8) is 0 Å². The van der Waals surface area contributed by atoms with Crippen molar-refractivity contribution >= 4 is 5.97 Å². The Balaban J connectivity index is 1.83. The smallest absolute Gasteiger partial charge is 0.416 e. The summed E-state index contributed by atoms with van der Waals surface area (Å²) in [5, 5.41) is 9.51. The Hall–Kier alpha value is -2.34. The molecule has 0 aromatic heterocycles. The topological polar surface area (TPSA) is 40.5 Å². The Labute approximate surface area is 143 Å². The van der Waals surface area contributed by atoms with Crippen molar-refractivity contribution in [1.82, 2.24) is 4.90 Å². The number of likely N-dealkylation sites (tertiary alicyclic amines) is 1. The van der Waals surface area contributed by atoms with Gasteiger partial charge in [0.25, 0.3) is 0 Å². The molecule has 0 amide bonds. The van der Waals surface area contributed by atoms with Crippen LogP contribution >= 0.6 is 0 Å². The van der Waals surface area contributed by atoms with Crippen LogP contribution in [0.5, 0.6) is 0 Å². The van der Waals surface area contributed by atoms with Crippen LogP contribution in [-0.2, 0) is 17.5 Å². The Morgan fingerprint density at radius 3 is 2.44 bits per heavy atom. The molecule has 2 aromatic carbocycles. The average Bonchev–Trinajstić information content (AvgIpc) is 2.99. The number of nitrogens with zero attached hydrogens (tertiary/aromatic N) is 1. The van der Waals surface area contributed by atoms with Gasteiger partial charge in [-0.1, -0.05) is 48.5 Å². The van der Waals surface area contributed by atoms with E-state index in [9.17, 15) is 23.1 Å². The van der Waals surface area contributed by atoms with Gasteiger partial charge in [-0.05, 0) is 17.2 Å². The normalized spacial score (nSPS) is 21.4. The minimum atomic E-state index is -4.43. The van der Waals surface area contributed by atoms with Crippen molar-refractivity contribution in [2.75, 3.05) is 13.1 Å². The molecule has 1 heterocycles. The van der Waals surface area contributed by atoms with Crippen molar-refractivity contribution in [2.24, 2.45) is 5.92 Å². The number of rotatable bonds is 4. The monoisotopic (exact) mass is 349 g/mol.